The van der Waals surface area contributed by atoms with Crippen LogP contribution in [0.2, 0.25) is 0 Å². The van der Waals surface area contributed by atoms with Crippen LogP contribution in [0.3, 0.4) is 0 Å². The summed E-state index contributed by atoms with van der Waals surface area (Å²) in [6.45, 7) is 0. The number of aryl methyl sites for hydroxylation is 1. The van der Waals surface area contributed by atoms with Crippen LogP contribution in [0, 0.1) is 0 Å². The number of allylic oxidation sites excluding steroid dienone is 1. The molecule has 0 bridgehead atoms. The van der Waals surface area contributed by atoms with E-state index in [-0.39, 0.29) is 0 Å². The lowest BCUT2D eigenvalue weighted by Gasteiger charge is -2.10. The van der Waals surface area contributed by atoms with Crippen LogP contribution in [-0.2, 0) is 6.42 Å². The molecule has 0 N–H and O–H groups in total. The third kappa shape index (κ3) is 1.05. The van der Waals surface area contributed by atoms with Gasteiger partial charge in [0, 0.05) is 5.92 Å². The van der Waals surface area contributed by atoms with Crippen LogP contribution in [-0.4, -0.2) is 0 Å². The fourth-order valence-electron chi connectivity index (χ4n) is 2.68. The molecule has 1 aromatic rings. The molecule has 0 spiro atoms. The van der Waals surface area contributed by atoms with E-state index in [0.29, 0.717) is 0 Å². The Morgan fingerprint density at radius 1 is 1.15 bits per heavy atom. The second-order valence-corrected chi connectivity index (χ2v) is 4.13. The summed E-state index contributed by atoms with van der Waals surface area (Å²) in [6, 6.07) is 6.76. The molecule has 0 nitrogen and oxygen atoms in total. The molecule has 1 aromatic carbocycles. The maximum atomic E-state index is 2.39. The van der Waals surface area contributed by atoms with E-state index >= 15 is 0 Å². The molecule has 0 radical (unpaired) electrons. The third-order valence-electron chi connectivity index (χ3n) is 3.32. The Morgan fingerprint density at radius 3 is 3.15 bits per heavy atom. The maximum absolute atomic E-state index is 2.39. The lowest BCUT2D eigenvalue weighted by atomic mass is 9.94. The Balaban J connectivity index is 2.20. The molecule has 0 aromatic heterocycles. The van der Waals surface area contributed by atoms with Crippen LogP contribution in [0.4, 0.5) is 0 Å². The van der Waals surface area contributed by atoms with Gasteiger partial charge in [0.25, 0.3) is 0 Å². The highest BCUT2D eigenvalue weighted by atomic mass is 14.3. The summed E-state index contributed by atoms with van der Waals surface area (Å²) >= 11 is 0. The summed E-state index contributed by atoms with van der Waals surface area (Å²) in [4.78, 5) is 0. The van der Waals surface area contributed by atoms with Crippen LogP contribution in [0.25, 0.3) is 6.08 Å². The molecule has 1 unspecified atom stereocenters. The van der Waals surface area contributed by atoms with E-state index in [9.17, 15) is 0 Å². The second kappa shape index (κ2) is 2.73. The van der Waals surface area contributed by atoms with Crippen LogP contribution < -0.4 is 0 Å². The predicted molar refractivity (Wildman–Crippen MR) is 55.8 cm³/mol. The van der Waals surface area contributed by atoms with Gasteiger partial charge in [-0.3, -0.25) is 0 Å². The number of benzene rings is 1. The Morgan fingerprint density at radius 2 is 2.15 bits per heavy atom. The molecule has 3 rings (SSSR count). The van der Waals surface area contributed by atoms with Crippen molar-refractivity contribution in [3.63, 3.8) is 0 Å². The van der Waals surface area contributed by atoms with Crippen LogP contribution in [0.5, 0.6) is 0 Å². The zero-order valence-corrected chi connectivity index (χ0v) is 7.79. The normalized spacial score (nSPS) is 24.2. The third-order valence-corrected chi connectivity index (χ3v) is 3.32. The Kier molecular flexibility index (Phi) is 1.55. The molecule has 66 valence electrons. The molecular formula is C13H14. The molecule has 0 heterocycles. The zero-order chi connectivity index (χ0) is 8.67. The van der Waals surface area contributed by atoms with Crippen molar-refractivity contribution in [2.24, 2.45) is 0 Å². The molecule has 0 fully saturated rings. The van der Waals surface area contributed by atoms with Crippen molar-refractivity contribution in [2.45, 2.75) is 31.6 Å². The number of rotatable bonds is 0. The Labute approximate surface area is 79.3 Å². The molecule has 2 aliphatic carbocycles. The Bertz CT molecular complexity index is 360. The van der Waals surface area contributed by atoms with Crippen molar-refractivity contribution in [3.05, 3.63) is 41.0 Å². The Hall–Kier alpha value is -1.04. The van der Waals surface area contributed by atoms with E-state index in [0.717, 1.165) is 5.92 Å². The topological polar surface area (TPSA) is 0 Å². The van der Waals surface area contributed by atoms with E-state index in [1.165, 1.54) is 31.2 Å². The van der Waals surface area contributed by atoms with Gasteiger partial charge >= 0.3 is 0 Å². The number of hydrogen-bond donors (Lipinski definition) is 0. The van der Waals surface area contributed by atoms with E-state index in [1.54, 1.807) is 11.1 Å². The van der Waals surface area contributed by atoms with Crippen LogP contribution in [0.1, 0.15) is 41.9 Å². The standard InChI is InChI=1S/C13H14/c1-2-5-11-8-9-12-7-3-6-10(4-1)13(11)12/h3,6-9,11H,1-2,4-5H2. The highest BCUT2D eigenvalue weighted by Gasteiger charge is 2.21. The van der Waals surface area contributed by atoms with Gasteiger partial charge in [0.1, 0.15) is 0 Å². The van der Waals surface area contributed by atoms with Crippen molar-refractivity contribution in [1.29, 1.82) is 0 Å². The maximum Gasteiger partial charge on any atom is 0.00299 e. The lowest BCUT2D eigenvalue weighted by molar-refractivity contribution is 0.674. The summed E-state index contributed by atoms with van der Waals surface area (Å²) in [5.74, 6) is 0.744. The molecule has 0 amide bonds. The van der Waals surface area contributed by atoms with Gasteiger partial charge in [0.2, 0.25) is 0 Å². The van der Waals surface area contributed by atoms with Crippen molar-refractivity contribution < 1.29 is 0 Å². The summed E-state index contributed by atoms with van der Waals surface area (Å²) < 4.78 is 0. The van der Waals surface area contributed by atoms with Gasteiger partial charge in [0.15, 0.2) is 0 Å². The summed E-state index contributed by atoms with van der Waals surface area (Å²) in [7, 11) is 0. The van der Waals surface area contributed by atoms with Gasteiger partial charge in [-0.2, -0.15) is 0 Å². The molecule has 0 saturated heterocycles. The van der Waals surface area contributed by atoms with Crippen molar-refractivity contribution in [2.75, 3.05) is 0 Å². The monoisotopic (exact) mass is 170 g/mol. The minimum Gasteiger partial charge on any atom is -0.0764 e. The molecule has 2 aliphatic rings. The number of hydrogen-bond acceptors (Lipinski definition) is 0. The van der Waals surface area contributed by atoms with E-state index < -0.39 is 0 Å². The summed E-state index contributed by atoms with van der Waals surface area (Å²) in [5, 5.41) is 0. The first kappa shape index (κ1) is 7.37. The summed E-state index contributed by atoms with van der Waals surface area (Å²) in [6.07, 6.45) is 10.1. The van der Waals surface area contributed by atoms with Crippen molar-refractivity contribution in [3.8, 4) is 0 Å². The first-order valence-electron chi connectivity index (χ1n) is 5.25. The highest BCUT2D eigenvalue weighted by Crippen LogP contribution is 2.38. The van der Waals surface area contributed by atoms with Gasteiger partial charge in [-0.1, -0.05) is 36.8 Å². The first-order chi connectivity index (χ1) is 6.45. The summed E-state index contributed by atoms with van der Waals surface area (Å²) in [5.41, 5.74) is 4.72. The largest absolute Gasteiger partial charge is 0.0764 e. The van der Waals surface area contributed by atoms with Crippen molar-refractivity contribution >= 4 is 6.08 Å². The van der Waals surface area contributed by atoms with Gasteiger partial charge < -0.3 is 0 Å². The fourth-order valence-corrected chi connectivity index (χ4v) is 2.68. The zero-order valence-electron chi connectivity index (χ0n) is 7.79. The SMILES string of the molecule is C1=CC2CCCCc3cccc1c32. The molecule has 1 atom stereocenters. The average Bonchev–Trinajstić information content (AvgIpc) is 2.44. The first-order valence-corrected chi connectivity index (χ1v) is 5.25. The lowest BCUT2D eigenvalue weighted by Crippen LogP contribution is -1.94. The molecule has 13 heavy (non-hydrogen) atoms. The molecular weight excluding hydrogens is 156 g/mol. The van der Waals surface area contributed by atoms with Gasteiger partial charge in [-0.25, -0.2) is 0 Å². The average molecular weight is 170 g/mol. The minimum atomic E-state index is 0.744. The predicted octanol–water partition coefficient (Wildman–Crippen LogP) is 3.52. The second-order valence-electron chi connectivity index (χ2n) is 4.13. The van der Waals surface area contributed by atoms with Gasteiger partial charge in [-0.05, 0) is 36.0 Å². The molecule has 0 heteroatoms. The van der Waals surface area contributed by atoms with Crippen LogP contribution >= 0.6 is 0 Å². The fraction of sp³-hybridized carbons (Fsp3) is 0.385. The van der Waals surface area contributed by atoms with E-state index in [1.807, 2.05) is 0 Å². The smallest absolute Gasteiger partial charge is 0.00299 e. The minimum absolute atomic E-state index is 0.744. The highest BCUT2D eigenvalue weighted by molar-refractivity contribution is 5.64. The molecule has 0 saturated carbocycles. The van der Waals surface area contributed by atoms with E-state index in [2.05, 4.69) is 30.4 Å². The van der Waals surface area contributed by atoms with E-state index in [4.69, 9.17) is 0 Å². The van der Waals surface area contributed by atoms with Gasteiger partial charge in [0.05, 0.1) is 0 Å². The van der Waals surface area contributed by atoms with Crippen molar-refractivity contribution in [1.82, 2.24) is 0 Å². The quantitative estimate of drug-likeness (QED) is 0.559. The van der Waals surface area contributed by atoms with Gasteiger partial charge in [-0.15, -0.1) is 0 Å². The molecule has 0 aliphatic heterocycles. The van der Waals surface area contributed by atoms with Crippen LogP contribution in [0.15, 0.2) is 24.3 Å².